The van der Waals surface area contributed by atoms with Gasteiger partial charge < -0.3 is 20.3 Å². The number of anilines is 2. The molecule has 1 saturated heterocycles. The Morgan fingerprint density at radius 3 is 2.32 bits per heavy atom. The number of urea groups is 1. The van der Waals surface area contributed by atoms with Crippen molar-refractivity contribution >= 4 is 27.4 Å². The second-order valence-electron chi connectivity index (χ2n) is 7.43. The van der Waals surface area contributed by atoms with Crippen LogP contribution in [-0.2, 0) is 14.8 Å². The van der Waals surface area contributed by atoms with Crippen LogP contribution in [0.3, 0.4) is 0 Å². The van der Waals surface area contributed by atoms with Gasteiger partial charge in [-0.05, 0) is 58.4 Å². The SMILES string of the molecule is CC(C)S(=O)(=O)NCCCNC(=O)Nc1ccc(N2C[C@@H](C)O[C@@H](C)C2)cc1. The number of rotatable bonds is 8. The normalized spacial score (nSPS) is 20.2. The van der Waals surface area contributed by atoms with Crippen LogP contribution in [0.4, 0.5) is 16.2 Å². The number of amides is 2. The highest BCUT2D eigenvalue weighted by Crippen LogP contribution is 2.22. The van der Waals surface area contributed by atoms with Gasteiger partial charge in [0.25, 0.3) is 0 Å². The molecule has 0 bridgehead atoms. The van der Waals surface area contributed by atoms with Crippen LogP contribution in [0.5, 0.6) is 0 Å². The molecule has 9 heteroatoms. The number of nitrogens with one attached hydrogen (secondary N) is 3. The lowest BCUT2D eigenvalue weighted by Gasteiger charge is -2.36. The third-order valence-corrected chi connectivity index (χ3v) is 6.32. The van der Waals surface area contributed by atoms with E-state index in [0.29, 0.717) is 25.2 Å². The molecule has 0 aliphatic carbocycles. The van der Waals surface area contributed by atoms with Crippen molar-refractivity contribution in [2.75, 3.05) is 36.4 Å². The van der Waals surface area contributed by atoms with Crippen molar-refractivity contribution in [2.45, 2.75) is 51.6 Å². The van der Waals surface area contributed by atoms with Gasteiger partial charge in [-0.2, -0.15) is 0 Å². The molecule has 1 aromatic rings. The summed E-state index contributed by atoms with van der Waals surface area (Å²) in [5.41, 5.74) is 1.81. The topological polar surface area (TPSA) is 99.8 Å². The van der Waals surface area contributed by atoms with Gasteiger partial charge >= 0.3 is 6.03 Å². The molecule has 1 aliphatic heterocycles. The van der Waals surface area contributed by atoms with Crippen molar-refractivity contribution in [1.82, 2.24) is 10.0 Å². The molecule has 0 spiro atoms. The van der Waals surface area contributed by atoms with Crippen molar-refractivity contribution in [3.05, 3.63) is 24.3 Å². The van der Waals surface area contributed by atoms with E-state index < -0.39 is 15.3 Å². The third kappa shape index (κ3) is 6.96. The monoisotopic (exact) mass is 412 g/mol. The summed E-state index contributed by atoms with van der Waals surface area (Å²) in [5.74, 6) is 0. The van der Waals surface area contributed by atoms with E-state index in [0.717, 1.165) is 18.8 Å². The van der Waals surface area contributed by atoms with Crippen molar-refractivity contribution in [3.63, 3.8) is 0 Å². The second-order valence-corrected chi connectivity index (χ2v) is 9.75. The number of carbonyl (C=O) groups excluding carboxylic acids is 1. The fourth-order valence-electron chi connectivity index (χ4n) is 2.99. The van der Waals surface area contributed by atoms with Crippen LogP contribution in [-0.4, -0.2) is 58.1 Å². The predicted octanol–water partition coefficient (Wildman–Crippen LogP) is 2.14. The molecule has 1 aliphatic rings. The Balaban J connectivity index is 1.72. The predicted molar refractivity (Wildman–Crippen MR) is 112 cm³/mol. The smallest absolute Gasteiger partial charge is 0.319 e. The summed E-state index contributed by atoms with van der Waals surface area (Å²) in [6.45, 7) is 9.75. The Labute approximate surface area is 168 Å². The molecular weight excluding hydrogens is 380 g/mol. The van der Waals surface area contributed by atoms with Gasteiger partial charge in [0, 0.05) is 37.6 Å². The Bertz CT molecular complexity index is 727. The minimum absolute atomic E-state index is 0.192. The van der Waals surface area contributed by atoms with Crippen LogP contribution >= 0.6 is 0 Å². The fraction of sp³-hybridized carbons (Fsp3) is 0.632. The van der Waals surface area contributed by atoms with Gasteiger partial charge in [0.15, 0.2) is 0 Å². The molecule has 2 atom stereocenters. The Kier molecular flexibility index (Phi) is 8.09. The molecule has 1 fully saturated rings. The first kappa shape index (κ1) is 22.4. The van der Waals surface area contributed by atoms with Crippen LogP contribution in [0.1, 0.15) is 34.1 Å². The summed E-state index contributed by atoms with van der Waals surface area (Å²) in [6.07, 6.45) is 0.904. The van der Waals surface area contributed by atoms with Gasteiger partial charge in [-0.1, -0.05) is 0 Å². The Morgan fingerprint density at radius 1 is 1.14 bits per heavy atom. The lowest BCUT2D eigenvalue weighted by molar-refractivity contribution is -0.00521. The highest BCUT2D eigenvalue weighted by molar-refractivity contribution is 7.90. The number of carbonyl (C=O) groups is 1. The summed E-state index contributed by atoms with van der Waals surface area (Å²) in [5, 5.41) is 5.05. The molecule has 2 amide bonds. The maximum Gasteiger partial charge on any atom is 0.319 e. The fourth-order valence-corrected chi connectivity index (χ4v) is 3.75. The molecule has 0 saturated carbocycles. The molecule has 1 aromatic carbocycles. The van der Waals surface area contributed by atoms with Gasteiger partial charge in [0.2, 0.25) is 10.0 Å². The molecule has 0 radical (unpaired) electrons. The summed E-state index contributed by atoms with van der Waals surface area (Å²) in [7, 11) is -3.26. The van der Waals surface area contributed by atoms with E-state index in [2.05, 4.69) is 34.1 Å². The van der Waals surface area contributed by atoms with Crippen LogP contribution in [0.15, 0.2) is 24.3 Å². The number of benzene rings is 1. The van der Waals surface area contributed by atoms with Crippen molar-refractivity contribution in [2.24, 2.45) is 0 Å². The van der Waals surface area contributed by atoms with Crippen molar-refractivity contribution in [1.29, 1.82) is 0 Å². The summed E-state index contributed by atoms with van der Waals surface area (Å²) < 4.78 is 31.5. The number of hydrogen-bond donors (Lipinski definition) is 3. The molecule has 28 heavy (non-hydrogen) atoms. The number of hydrogen-bond acceptors (Lipinski definition) is 5. The highest BCUT2D eigenvalue weighted by Gasteiger charge is 2.22. The Morgan fingerprint density at radius 2 is 1.75 bits per heavy atom. The molecule has 2 rings (SSSR count). The minimum Gasteiger partial charge on any atom is -0.372 e. The zero-order valence-electron chi connectivity index (χ0n) is 17.1. The molecule has 1 heterocycles. The highest BCUT2D eigenvalue weighted by atomic mass is 32.2. The summed E-state index contributed by atoms with van der Waals surface area (Å²) >= 11 is 0. The second kappa shape index (κ2) is 10.1. The number of morpholine rings is 1. The number of nitrogens with zero attached hydrogens (tertiary/aromatic N) is 1. The summed E-state index contributed by atoms with van der Waals surface area (Å²) in [4.78, 5) is 14.2. The average Bonchev–Trinajstić information content (AvgIpc) is 2.61. The average molecular weight is 413 g/mol. The quantitative estimate of drug-likeness (QED) is 0.568. The van der Waals surface area contributed by atoms with Crippen molar-refractivity contribution in [3.8, 4) is 0 Å². The first-order valence-electron chi connectivity index (χ1n) is 9.71. The van der Waals surface area contributed by atoms with Gasteiger partial charge in [-0.25, -0.2) is 17.9 Å². The standard InChI is InChI=1S/C19H32N4O4S/c1-14(2)28(25,26)21-11-5-10-20-19(24)22-17-6-8-18(9-7-17)23-12-15(3)27-16(4)13-23/h6-9,14-16,21H,5,10-13H2,1-4H3,(H2,20,22,24)/t15-,16+. The molecule has 8 nitrogen and oxygen atoms in total. The zero-order valence-corrected chi connectivity index (χ0v) is 17.9. The van der Waals surface area contributed by atoms with E-state index in [4.69, 9.17) is 4.74 Å². The molecular formula is C19H32N4O4S. The van der Waals surface area contributed by atoms with Crippen LogP contribution in [0.2, 0.25) is 0 Å². The zero-order chi connectivity index (χ0) is 20.7. The van der Waals surface area contributed by atoms with Crippen LogP contribution in [0, 0.1) is 0 Å². The van der Waals surface area contributed by atoms with E-state index in [1.807, 2.05) is 24.3 Å². The van der Waals surface area contributed by atoms with Gasteiger partial charge in [0.05, 0.1) is 17.5 Å². The van der Waals surface area contributed by atoms with Gasteiger partial charge in [0.1, 0.15) is 0 Å². The maximum atomic E-state index is 12.0. The third-order valence-electron chi connectivity index (χ3n) is 4.47. The largest absolute Gasteiger partial charge is 0.372 e. The van der Waals surface area contributed by atoms with Crippen molar-refractivity contribution < 1.29 is 17.9 Å². The number of ether oxygens (including phenoxy) is 1. The minimum atomic E-state index is -3.26. The first-order valence-corrected chi connectivity index (χ1v) is 11.3. The van der Waals surface area contributed by atoms with Crippen LogP contribution in [0.25, 0.3) is 0 Å². The number of sulfonamides is 1. The lowest BCUT2D eigenvalue weighted by Crippen LogP contribution is -2.45. The molecule has 3 N–H and O–H groups in total. The Hall–Kier alpha value is -1.84. The van der Waals surface area contributed by atoms with E-state index in [9.17, 15) is 13.2 Å². The molecule has 158 valence electrons. The summed E-state index contributed by atoms with van der Waals surface area (Å²) in [6, 6.07) is 7.41. The van der Waals surface area contributed by atoms with Crippen LogP contribution < -0.4 is 20.3 Å². The van der Waals surface area contributed by atoms with Gasteiger partial charge in [-0.15, -0.1) is 0 Å². The lowest BCUT2D eigenvalue weighted by atomic mass is 10.2. The molecule has 0 unspecified atom stereocenters. The van der Waals surface area contributed by atoms with Gasteiger partial charge in [-0.3, -0.25) is 0 Å². The first-order chi connectivity index (χ1) is 13.2. The van der Waals surface area contributed by atoms with E-state index in [-0.39, 0.29) is 18.2 Å². The molecule has 0 aromatic heterocycles. The maximum absolute atomic E-state index is 12.0. The van der Waals surface area contributed by atoms with E-state index >= 15 is 0 Å². The van der Waals surface area contributed by atoms with E-state index in [1.54, 1.807) is 13.8 Å². The van der Waals surface area contributed by atoms with E-state index in [1.165, 1.54) is 0 Å².